The summed E-state index contributed by atoms with van der Waals surface area (Å²) in [5, 5.41) is 5.83. The van der Waals surface area contributed by atoms with Crippen molar-refractivity contribution in [1.29, 1.82) is 0 Å². The van der Waals surface area contributed by atoms with Gasteiger partial charge in [0.05, 0.1) is 7.11 Å². The third-order valence-corrected chi connectivity index (χ3v) is 5.40. The number of nitrogens with one attached hydrogen (secondary N) is 1. The minimum absolute atomic E-state index is 0.194. The monoisotopic (exact) mass is 415 g/mol. The molecule has 4 aromatic carbocycles. The Balaban J connectivity index is 1.49. The predicted molar refractivity (Wildman–Crippen MR) is 123 cm³/mol. The van der Waals surface area contributed by atoms with E-state index in [0.717, 1.165) is 40.8 Å². The normalized spacial score (nSPS) is 10.9. The van der Waals surface area contributed by atoms with E-state index in [2.05, 4.69) is 23.5 Å². The van der Waals surface area contributed by atoms with Crippen LogP contribution in [0.2, 0.25) is 0 Å². The lowest BCUT2D eigenvalue weighted by Crippen LogP contribution is -2.18. The first-order valence-electron chi connectivity index (χ1n) is 10.5. The standard InChI is InChI=1S/C27H26FNO2/c1-30-26-13-7-4-9-21(26)16-17-29-18-24-23-11-5-2-8-20(23)14-15-27(24)31-19-22-10-3-6-12-25(22)28/h2-15,29H,16-19H2,1H3. The van der Waals surface area contributed by atoms with E-state index in [0.29, 0.717) is 12.1 Å². The number of rotatable bonds is 9. The first-order valence-corrected chi connectivity index (χ1v) is 10.5. The Hall–Kier alpha value is -3.37. The van der Waals surface area contributed by atoms with Crippen LogP contribution in [0.1, 0.15) is 16.7 Å². The Morgan fingerprint density at radius 3 is 2.35 bits per heavy atom. The molecule has 1 N–H and O–H groups in total. The minimum atomic E-state index is -0.250. The highest BCUT2D eigenvalue weighted by Gasteiger charge is 2.11. The van der Waals surface area contributed by atoms with Crippen LogP contribution in [0.5, 0.6) is 11.5 Å². The topological polar surface area (TPSA) is 30.5 Å². The average molecular weight is 416 g/mol. The van der Waals surface area contributed by atoms with E-state index >= 15 is 0 Å². The number of fused-ring (bicyclic) bond motifs is 1. The summed E-state index contributed by atoms with van der Waals surface area (Å²) >= 11 is 0. The zero-order valence-corrected chi connectivity index (χ0v) is 17.6. The van der Waals surface area contributed by atoms with Gasteiger partial charge in [-0.05, 0) is 47.5 Å². The molecule has 0 bridgehead atoms. The van der Waals surface area contributed by atoms with Crippen LogP contribution < -0.4 is 14.8 Å². The van der Waals surface area contributed by atoms with Gasteiger partial charge in [0.1, 0.15) is 23.9 Å². The molecule has 0 aliphatic heterocycles. The molecule has 0 radical (unpaired) electrons. The third kappa shape index (κ3) is 5.04. The molecule has 31 heavy (non-hydrogen) atoms. The summed E-state index contributed by atoms with van der Waals surface area (Å²) in [6, 6.07) is 27.1. The fourth-order valence-electron chi connectivity index (χ4n) is 3.75. The molecule has 4 rings (SSSR count). The summed E-state index contributed by atoms with van der Waals surface area (Å²) in [5.41, 5.74) is 2.80. The van der Waals surface area contributed by atoms with Crippen molar-refractivity contribution < 1.29 is 13.9 Å². The SMILES string of the molecule is COc1ccccc1CCNCc1c(OCc2ccccc2F)ccc2ccccc12. The fraction of sp³-hybridized carbons (Fsp3) is 0.185. The summed E-state index contributed by atoms with van der Waals surface area (Å²) < 4.78 is 25.5. The van der Waals surface area contributed by atoms with Crippen LogP contribution in [0.15, 0.2) is 84.9 Å². The zero-order valence-electron chi connectivity index (χ0n) is 17.6. The van der Waals surface area contributed by atoms with Crippen LogP contribution in [0.4, 0.5) is 4.39 Å². The molecule has 0 saturated carbocycles. The maximum Gasteiger partial charge on any atom is 0.129 e. The fourth-order valence-corrected chi connectivity index (χ4v) is 3.75. The average Bonchev–Trinajstić information content (AvgIpc) is 2.82. The molecule has 4 heteroatoms. The summed E-state index contributed by atoms with van der Waals surface area (Å²) in [7, 11) is 1.70. The van der Waals surface area contributed by atoms with Gasteiger partial charge in [-0.2, -0.15) is 0 Å². The van der Waals surface area contributed by atoms with Gasteiger partial charge in [-0.15, -0.1) is 0 Å². The van der Waals surface area contributed by atoms with Crippen LogP contribution in [0, 0.1) is 5.82 Å². The van der Waals surface area contributed by atoms with Crippen LogP contribution in [0.25, 0.3) is 10.8 Å². The predicted octanol–water partition coefficient (Wildman–Crippen LogP) is 5.90. The van der Waals surface area contributed by atoms with Crippen molar-refractivity contribution in [1.82, 2.24) is 5.32 Å². The molecule has 0 fully saturated rings. The van der Waals surface area contributed by atoms with E-state index in [1.54, 1.807) is 19.2 Å². The van der Waals surface area contributed by atoms with Crippen LogP contribution in [0.3, 0.4) is 0 Å². The van der Waals surface area contributed by atoms with Gasteiger partial charge in [0, 0.05) is 17.7 Å². The molecular weight excluding hydrogens is 389 g/mol. The van der Waals surface area contributed by atoms with Crippen LogP contribution in [-0.4, -0.2) is 13.7 Å². The lowest BCUT2D eigenvalue weighted by molar-refractivity contribution is 0.296. The van der Waals surface area contributed by atoms with Crippen LogP contribution >= 0.6 is 0 Å². The van der Waals surface area contributed by atoms with Gasteiger partial charge in [-0.25, -0.2) is 4.39 Å². The van der Waals surface area contributed by atoms with Crippen molar-refractivity contribution in [3.8, 4) is 11.5 Å². The third-order valence-electron chi connectivity index (χ3n) is 5.40. The molecule has 0 unspecified atom stereocenters. The van der Waals surface area contributed by atoms with Gasteiger partial charge in [-0.1, -0.05) is 66.7 Å². The second kappa shape index (κ2) is 10.1. The van der Waals surface area contributed by atoms with Crippen molar-refractivity contribution in [3.63, 3.8) is 0 Å². The number of methoxy groups -OCH3 is 1. The molecule has 3 nitrogen and oxygen atoms in total. The summed E-state index contributed by atoms with van der Waals surface area (Å²) in [5.74, 6) is 1.43. The van der Waals surface area contributed by atoms with Gasteiger partial charge >= 0.3 is 0 Å². The molecule has 0 spiro atoms. The maximum absolute atomic E-state index is 14.0. The molecule has 0 aromatic heterocycles. The molecule has 158 valence electrons. The number of para-hydroxylation sites is 1. The maximum atomic E-state index is 14.0. The highest BCUT2D eigenvalue weighted by atomic mass is 19.1. The van der Waals surface area contributed by atoms with Crippen molar-refractivity contribution in [2.75, 3.05) is 13.7 Å². The van der Waals surface area contributed by atoms with Gasteiger partial charge in [0.15, 0.2) is 0 Å². The number of benzene rings is 4. The zero-order chi connectivity index (χ0) is 21.5. The second-order valence-corrected chi connectivity index (χ2v) is 7.38. The molecule has 0 amide bonds. The minimum Gasteiger partial charge on any atom is -0.496 e. The molecule has 0 aliphatic carbocycles. The highest BCUT2D eigenvalue weighted by Crippen LogP contribution is 2.29. The molecule has 0 saturated heterocycles. The Bertz CT molecular complexity index is 1160. The van der Waals surface area contributed by atoms with Crippen molar-refractivity contribution in [2.45, 2.75) is 19.6 Å². The largest absolute Gasteiger partial charge is 0.496 e. The molecule has 0 aliphatic rings. The van der Waals surface area contributed by atoms with Crippen molar-refractivity contribution in [2.24, 2.45) is 0 Å². The smallest absolute Gasteiger partial charge is 0.129 e. The number of hydrogen-bond acceptors (Lipinski definition) is 3. The molecular formula is C27H26FNO2. The summed E-state index contributed by atoms with van der Waals surface area (Å²) in [4.78, 5) is 0. The number of hydrogen-bond donors (Lipinski definition) is 1. The number of halogens is 1. The van der Waals surface area contributed by atoms with E-state index in [9.17, 15) is 4.39 Å². The Morgan fingerprint density at radius 2 is 1.52 bits per heavy atom. The first-order chi connectivity index (χ1) is 15.3. The van der Waals surface area contributed by atoms with E-state index in [-0.39, 0.29) is 12.4 Å². The van der Waals surface area contributed by atoms with Gasteiger partial charge in [-0.3, -0.25) is 0 Å². The van der Waals surface area contributed by atoms with Gasteiger partial charge in [0.25, 0.3) is 0 Å². The van der Waals surface area contributed by atoms with E-state index in [1.807, 2.05) is 48.5 Å². The summed E-state index contributed by atoms with van der Waals surface area (Å²) in [6.07, 6.45) is 0.861. The Morgan fingerprint density at radius 1 is 0.774 bits per heavy atom. The van der Waals surface area contributed by atoms with Crippen molar-refractivity contribution >= 4 is 10.8 Å². The highest BCUT2D eigenvalue weighted by molar-refractivity contribution is 5.87. The molecule has 0 atom stereocenters. The molecule has 0 heterocycles. The van der Waals surface area contributed by atoms with E-state index in [4.69, 9.17) is 9.47 Å². The number of ether oxygens (including phenoxy) is 2. The van der Waals surface area contributed by atoms with Crippen molar-refractivity contribution in [3.05, 3.63) is 107 Å². The van der Waals surface area contributed by atoms with E-state index < -0.39 is 0 Å². The van der Waals surface area contributed by atoms with E-state index in [1.165, 1.54) is 11.6 Å². The quantitative estimate of drug-likeness (QED) is 0.345. The van der Waals surface area contributed by atoms with Gasteiger partial charge in [0.2, 0.25) is 0 Å². The van der Waals surface area contributed by atoms with Gasteiger partial charge < -0.3 is 14.8 Å². The Labute approximate surface area is 182 Å². The second-order valence-electron chi connectivity index (χ2n) is 7.38. The lowest BCUT2D eigenvalue weighted by Gasteiger charge is -2.16. The first kappa shape index (κ1) is 20.9. The molecule has 4 aromatic rings. The van der Waals surface area contributed by atoms with Crippen LogP contribution in [-0.2, 0) is 19.6 Å². The Kier molecular flexibility index (Phi) is 6.80. The summed E-state index contributed by atoms with van der Waals surface area (Å²) in [6.45, 7) is 1.65. The lowest BCUT2D eigenvalue weighted by atomic mass is 10.0.